The molecule has 0 spiro atoms. The highest BCUT2D eigenvalue weighted by Crippen LogP contribution is 1.88. The molecule has 0 bridgehead atoms. The topological polar surface area (TPSA) is 107 Å². The van der Waals surface area contributed by atoms with Crippen LogP contribution in [-0.2, 0) is 14.4 Å². The second-order valence-electron chi connectivity index (χ2n) is 3.38. The van der Waals surface area contributed by atoms with E-state index in [4.69, 9.17) is 10.2 Å². The number of carboxylic acid groups (broad SMARTS) is 2. The molecule has 0 atom stereocenters. The number of rotatable bonds is 9. The van der Waals surface area contributed by atoms with Gasteiger partial charge in [-0.05, 0) is 6.92 Å². The summed E-state index contributed by atoms with van der Waals surface area (Å²) in [6.45, 7) is 1.67. The Hall–Kier alpha value is -1.47. The fourth-order valence-corrected chi connectivity index (χ4v) is 1.15. The van der Waals surface area contributed by atoms with Crippen molar-refractivity contribution in [2.45, 2.75) is 6.92 Å². The maximum absolute atomic E-state index is 10.8. The van der Waals surface area contributed by atoms with Crippen LogP contribution in [0.1, 0.15) is 6.92 Å². The van der Waals surface area contributed by atoms with Crippen molar-refractivity contribution in [1.82, 2.24) is 10.2 Å². The number of carbonyl (C=O) groups excluding carboxylic acids is 1. The van der Waals surface area contributed by atoms with Gasteiger partial charge in [-0.3, -0.25) is 19.3 Å². The van der Waals surface area contributed by atoms with Crippen LogP contribution in [0.3, 0.4) is 0 Å². The maximum Gasteiger partial charge on any atom is 0.317 e. The minimum Gasteiger partial charge on any atom is -0.480 e. The molecule has 16 heavy (non-hydrogen) atoms. The van der Waals surface area contributed by atoms with Crippen molar-refractivity contribution < 1.29 is 24.6 Å². The maximum atomic E-state index is 10.8. The van der Waals surface area contributed by atoms with Gasteiger partial charge in [-0.2, -0.15) is 0 Å². The molecular weight excluding hydrogens is 216 g/mol. The first-order valence-electron chi connectivity index (χ1n) is 4.78. The van der Waals surface area contributed by atoms with Gasteiger partial charge in [-0.25, -0.2) is 0 Å². The first-order chi connectivity index (χ1) is 7.41. The molecule has 3 N–H and O–H groups in total. The van der Waals surface area contributed by atoms with Crippen LogP contribution < -0.4 is 5.32 Å². The SMILES string of the molecule is CC(=O)CN(CCNCC(=O)O)CC(=O)O. The molecule has 0 saturated carbocycles. The summed E-state index contributed by atoms with van der Waals surface area (Å²) in [5.41, 5.74) is 0. The van der Waals surface area contributed by atoms with Gasteiger partial charge in [0.25, 0.3) is 0 Å². The van der Waals surface area contributed by atoms with E-state index in [1.165, 1.54) is 11.8 Å². The van der Waals surface area contributed by atoms with Crippen molar-refractivity contribution in [3.05, 3.63) is 0 Å². The van der Waals surface area contributed by atoms with E-state index < -0.39 is 11.9 Å². The predicted octanol–water partition coefficient (Wildman–Crippen LogP) is -1.36. The molecule has 0 aliphatic carbocycles. The van der Waals surface area contributed by atoms with Gasteiger partial charge in [-0.15, -0.1) is 0 Å². The van der Waals surface area contributed by atoms with E-state index in [-0.39, 0.29) is 25.4 Å². The molecule has 0 radical (unpaired) electrons. The largest absolute Gasteiger partial charge is 0.480 e. The number of hydrogen-bond acceptors (Lipinski definition) is 5. The Bertz CT molecular complexity index is 251. The van der Waals surface area contributed by atoms with E-state index in [1.807, 2.05) is 0 Å². The van der Waals surface area contributed by atoms with Crippen molar-refractivity contribution >= 4 is 17.7 Å². The van der Waals surface area contributed by atoms with E-state index in [0.29, 0.717) is 13.1 Å². The van der Waals surface area contributed by atoms with Crippen LogP contribution in [0, 0.1) is 0 Å². The van der Waals surface area contributed by atoms with E-state index in [9.17, 15) is 14.4 Å². The van der Waals surface area contributed by atoms with Crippen LogP contribution in [-0.4, -0.2) is 65.6 Å². The highest BCUT2D eigenvalue weighted by atomic mass is 16.4. The summed E-state index contributed by atoms with van der Waals surface area (Å²) in [5, 5.41) is 19.5. The van der Waals surface area contributed by atoms with Crippen molar-refractivity contribution in [3.63, 3.8) is 0 Å². The molecule has 0 aliphatic rings. The molecule has 0 heterocycles. The summed E-state index contributed by atoms with van der Waals surface area (Å²) in [6.07, 6.45) is 0. The zero-order valence-corrected chi connectivity index (χ0v) is 9.10. The van der Waals surface area contributed by atoms with E-state index in [0.717, 1.165) is 0 Å². The predicted molar refractivity (Wildman–Crippen MR) is 55.3 cm³/mol. The van der Waals surface area contributed by atoms with Crippen LogP contribution in [0.25, 0.3) is 0 Å². The molecule has 7 nitrogen and oxygen atoms in total. The average Bonchev–Trinajstić information content (AvgIpc) is 2.09. The van der Waals surface area contributed by atoms with Gasteiger partial charge in [0, 0.05) is 13.1 Å². The minimum absolute atomic E-state index is 0.0566. The van der Waals surface area contributed by atoms with Gasteiger partial charge in [0.1, 0.15) is 5.78 Å². The molecule has 7 heteroatoms. The zero-order valence-electron chi connectivity index (χ0n) is 9.10. The molecule has 0 unspecified atom stereocenters. The fourth-order valence-electron chi connectivity index (χ4n) is 1.15. The summed E-state index contributed by atoms with van der Waals surface area (Å²) in [6, 6.07) is 0. The summed E-state index contributed by atoms with van der Waals surface area (Å²) in [7, 11) is 0. The molecule has 92 valence electrons. The standard InChI is InChI=1S/C9H16N2O5/c1-7(12)5-11(6-9(15)16)3-2-10-4-8(13)14/h10H,2-6H2,1H3,(H,13,14)(H,15,16). The highest BCUT2D eigenvalue weighted by Gasteiger charge is 2.11. The number of hydrogen-bond donors (Lipinski definition) is 3. The molecular formula is C9H16N2O5. The van der Waals surface area contributed by atoms with Crippen molar-refractivity contribution in [2.24, 2.45) is 0 Å². The number of Topliss-reactive ketones (excluding diaryl/α,β-unsaturated/α-hetero) is 1. The minimum atomic E-state index is -1.01. The van der Waals surface area contributed by atoms with Crippen LogP contribution in [0.5, 0.6) is 0 Å². The second-order valence-corrected chi connectivity index (χ2v) is 3.38. The molecule has 0 amide bonds. The molecule has 0 aromatic heterocycles. The Morgan fingerprint density at radius 1 is 1.12 bits per heavy atom. The van der Waals surface area contributed by atoms with E-state index >= 15 is 0 Å². The third kappa shape index (κ3) is 9.10. The van der Waals surface area contributed by atoms with Gasteiger partial charge in [0.05, 0.1) is 19.6 Å². The first-order valence-corrected chi connectivity index (χ1v) is 4.78. The molecule has 0 rings (SSSR count). The molecule has 0 aromatic carbocycles. The molecule has 0 fully saturated rings. The van der Waals surface area contributed by atoms with E-state index in [1.54, 1.807) is 0 Å². The Balaban J connectivity index is 3.86. The van der Waals surface area contributed by atoms with Crippen LogP contribution in [0.2, 0.25) is 0 Å². The molecule has 0 saturated heterocycles. The lowest BCUT2D eigenvalue weighted by molar-refractivity contribution is -0.139. The lowest BCUT2D eigenvalue weighted by atomic mass is 10.3. The van der Waals surface area contributed by atoms with Crippen molar-refractivity contribution in [3.8, 4) is 0 Å². The monoisotopic (exact) mass is 232 g/mol. The number of nitrogens with one attached hydrogen (secondary N) is 1. The van der Waals surface area contributed by atoms with Crippen molar-refractivity contribution in [2.75, 3.05) is 32.7 Å². The third-order valence-corrected chi connectivity index (χ3v) is 1.69. The number of carboxylic acids is 2. The first kappa shape index (κ1) is 14.5. The Labute approximate surface area is 93.0 Å². The zero-order chi connectivity index (χ0) is 12.6. The number of aliphatic carboxylic acids is 2. The quantitative estimate of drug-likeness (QED) is 0.421. The summed E-state index contributed by atoms with van der Waals surface area (Å²) < 4.78 is 0. The summed E-state index contributed by atoms with van der Waals surface area (Å²) in [4.78, 5) is 32.9. The highest BCUT2D eigenvalue weighted by molar-refractivity contribution is 5.78. The van der Waals surface area contributed by atoms with Gasteiger partial charge >= 0.3 is 11.9 Å². The van der Waals surface area contributed by atoms with Crippen LogP contribution in [0.4, 0.5) is 0 Å². The lowest BCUT2D eigenvalue weighted by Crippen LogP contribution is -2.39. The van der Waals surface area contributed by atoms with Crippen molar-refractivity contribution in [1.29, 1.82) is 0 Å². The number of carbonyl (C=O) groups is 3. The summed E-state index contributed by atoms with van der Waals surface area (Å²) in [5.74, 6) is -2.12. The van der Waals surface area contributed by atoms with Crippen LogP contribution >= 0.6 is 0 Å². The summed E-state index contributed by atoms with van der Waals surface area (Å²) >= 11 is 0. The normalized spacial score (nSPS) is 10.4. The van der Waals surface area contributed by atoms with Gasteiger partial charge in [0.15, 0.2) is 0 Å². The van der Waals surface area contributed by atoms with Gasteiger partial charge in [-0.1, -0.05) is 0 Å². The fraction of sp³-hybridized carbons (Fsp3) is 0.667. The number of nitrogens with zero attached hydrogens (tertiary/aromatic N) is 1. The lowest BCUT2D eigenvalue weighted by Gasteiger charge is -2.18. The van der Waals surface area contributed by atoms with Crippen LogP contribution in [0.15, 0.2) is 0 Å². The second kappa shape index (κ2) is 7.77. The van der Waals surface area contributed by atoms with Gasteiger partial charge in [0.2, 0.25) is 0 Å². The third-order valence-electron chi connectivity index (χ3n) is 1.69. The Morgan fingerprint density at radius 3 is 2.19 bits per heavy atom. The van der Waals surface area contributed by atoms with E-state index in [2.05, 4.69) is 5.32 Å². The van der Waals surface area contributed by atoms with Gasteiger partial charge < -0.3 is 15.5 Å². The average molecular weight is 232 g/mol. The number of ketones is 1. The Kier molecular flexibility index (Phi) is 7.06. The molecule has 0 aliphatic heterocycles. The molecule has 0 aromatic rings. The Morgan fingerprint density at radius 2 is 1.75 bits per heavy atom. The smallest absolute Gasteiger partial charge is 0.317 e.